The van der Waals surface area contributed by atoms with Gasteiger partial charge in [0, 0.05) is 0 Å². The van der Waals surface area contributed by atoms with Crippen LogP contribution in [0.5, 0.6) is 5.88 Å². The van der Waals surface area contributed by atoms with E-state index < -0.39 is 26.2 Å². The molecule has 11 heteroatoms. The van der Waals surface area contributed by atoms with E-state index in [1.807, 2.05) is 43.3 Å². The summed E-state index contributed by atoms with van der Waals surface area (Å²) in [4.78, 5) is 21.3. The number of methoxy groups -OCH3 is 1. The number of fused-ring (bicyclic) bond motifs is 1. The molecule has 0 spiro atoms. The zero-order chi connectivity index (χ0) is 32.0. The molecule has 0 aliphatic heterocycles. The highest BCUT2D eigenvalue weighted by Crippen LogP contribution is 2.36. The molecule has 2 heterocycles. The van der Waals surface area contributed by atoms with Gasteiger partial charge in [-0.05, 0) is 40.0 Å². The normalized spacial score (nSPS) is 12.7. The van der Waals surface area contributed by atoms with Crippen LogP contribution in [0.25, 0.3) is 16.7 Å². The van der Waals surface area contributed by atoms with Crippen LogP contribution >= 0.6 is 0 Å². The lowest BCUT2D eigenvalue weighted by Crippen LogP contribution is -2.66. The van der Waals surface area contributed by atoms with Gasteiger partial charge < -0.3 is 18.6 Å². The zero-order valence-corrected chi connectivity index (χ0v) is 27.1. The first-order valence-electron chi connectivity index (χ1n) is 14.7. The Hall–Kier alpha value is -4.45. The largest absolute Gasteiger partial charge is 0.466 e. The van der Waals surface area contributed by atoms with E-state index in [0.29, 0.717) is 23.3 Å². The van der Waals surface area contributed by atoms with E-state index in [1.165, 1.54) is 46.8 Å². The lowest BCUT2D eigenvalue weighted by atomic mass is 10.2. The average molecular weight is 629 g/mol. The molecule has 45 heavy (non-hydrogen) atoms. The monoisotopic (exact) mass is 628 g/mol. The minimum atomic E-state index is -2.73. The summed E-state index contributed by atoms with van der Waals surface area (Å²) in [7, 11) is -1.45. The lowest BCUT2D eigenvalue weighted by Gasteiger charge is -2.43. The number of rotatable bonds is 12. The molecule has 0 N–H and O–H groups in total. The molecule has 0 fully saturated rings. The van der Waals surface area contributed by atoms with Crippen molar-refractivity contribution < 1.29 is 27.8 Å². The van der Waals surface area contributed by atoms with Gasteiger partial charge in [0.15, 0.2) is 5.65 Å². The summed E-state index contributed by atoms with van der Waals surface area (Å²) < 4.78 is 39.4. The van der Waals surface area contributed by atoms with Crippen molar-refractivity contribution in [2.75, 3.05) is 26.9 Å². The predicted octanol–water partition coefficient (Wildman–Crippen LogP) is 4.78. The number of esters is 1. The van der Waals surface area contributed by atoms with Crippen molar-refractivity contribution in [3.05, 3.63) is 103 Å². The van der Waals surface area contributed by atoms with E-state index in [2.05, 4.69) is 60.1 Å². The van der Waals surface area contributed by atoms with Gasteiger partial charge in [-0.3, -0.25) is 0 Å². The van der Waals surface area contributed by atoms with Crippen LogP contribution in [0.2, 0.25) is 5.04 Å². The summed E-state index contributed by atoms with van der Waals surface area (Å²) in [6, 6.07) is 25.1. The molecule has 3 aromatic carbocycles. The number of halogens is 1. The fourth-order valence-corrected chi connectivity index (χ4v) is 10.1. The highest BCUT2D eigenvalue weighted by molar-refractivity contribution is 6.99. The number of nitrogens with zero attached hydrogens (tertiary/aromatic N) is 4. The average Bonchev–Trinajstić information content (AvgIpc) is 3.48. The first-order valence-corrected chi connectivity index (χ1v) is 16.6. The topological polar surface area (TPSA) is 97.6 Å². The second-order valence-electron chi connectivity index (χ2n) is 11.6. The van der Waals surface area contributed by atoms with Gasteiger partial charge in [-0.2, -0.15) is 5.10 Å². The Bertz CT molecular complexity index is 1710. The molecule has 9 nitrogen and oxygen atoms in total. The maximum absolute atomic E-state index is 14.0. The summed E-state index contributed by atoms with van der Waals surface area (Å²) in [5, 5.41) is 6.99. The van der Waals surface area contributed by atoms with Crippen LogP contribution in [0.1, 0.15) is 26.3 Å². The molecule has 0 amide bonds. The van der Waals surface area contributed by atoms with Crippen molar-refractivity contribution >= 4 is 35.7 Å². The highest BCUT2D eigenvalue weighted by Gasteiger charge is 2.50. The van der Waals surface area contributed by atoms with E-state index in [1.54, 1.807) is 6.07 Å². The molecule has 0 aliphatic carbocycles. The second kappa shape index (κ2) is 13.7. The van der Waals surface area contributed by atoms with E-state index in [-0.39, 0.29) is 24.1 Å². The van der Waals surface area contributed by atoms with Crippen LogP contribution in [0.4, 0.5) is 4.39 Å². The van der Waals surface area contributed by atoms with Crippen LogP contribution in [0.3, 0.4) is 0 Å². The molecule has 0 saturated heterocycles. The fraction of sp³-hybridized carbons (Fsp3) is 0.294. The SMILES string of the molecule is COC(=O)[C@H](COCCO[Si](c1ccccc1)(c1ccccc1)C(C)(C)C)Oc1ncnc2c1cnn2-c1cc(F)ccc1C. The van der Waals surface area contributed by atoms with Gasteiger partial charge in [0.25, 0.3) is 8.32 Å². The van der Waals surface area contributed by atoms with Crippen molar-refractivity contribution in [1.29, 1.82) is 0 Å². The number of carbonyl (C=O) groups is 1. The van der Waals surface area contributed by atoms with Gasteiger partial charge in [-0.25, -0.2) is 23.8 Å². The predicted molar refractivity (Wildman–Crippen MR) is 172 cm³/mol. The zero-order valence-electron chi connectivity index (χ0n) is 26.1. The van der Waals surface area contributed by atoms with Crippen molar-refractivity contribution in [3.63, 3.8) is 0 Å². The second-order valence-corrected chi connectivity index (χ2v) is 15.9. The minimum Gasteiger partial charge on any atom is -0.466 e. The van der Waals surface area contributed by atoms with Gasteiger partial charge in [0.2, 0.25) is 12.0 Å². The third kappa shape index (κ3) is 6.65. The molecule has 5 rings (SSSR count). The standard InChI is InChI=1S/C34H37FN4O5Si/c1-24-16-17-25(35)20-29(24)39-31-28(21-38-39)32(37-23-36-31)44-30(33(40)41-5)22-42-18-19-43-45(34(2,3)4,26-12-8-6-9-13-26)27-14-10-7-11-15-27/h6-17,20-21,23,30H,18-19,22H2,1-5H3/t30-/m0/s1. The molecule has 234 valence electrons. The highest BCUT2D eigenvalue weighted by atomic mass is 28.4. The Morgan fingerprint density at radius 3 is 2.24 bits per heavy atom. The number of hydrogen-bond acceptors (Lipinski definition) is 8. The first kappa shape index (κ1) is 32.0. The summed E-state index contributed by atoms with van der Waals surface area (Å²) in [5.74, 6) is -0.891. The number of hydrogen-bond donors (Lipinski definition) is 0. The van der Waals surface area contributed by atoms with Crippen LogP contribution in [-0.4, -0.2) is 67.1 Å². The quantitative estimate of drug-likeness (QED) is 0.111. The van der Waals surface area contributed by atoms with E-state index in [0.717, 1.165) is 5.56 Å². The van der Waals surface area contributed by atoms with Crippen molar-refractivity contribution in [2.24, 2.45) is 0 Å². The minimum absolute atomic E-state index is 0.0978. The molecule has 5 aromatic rings. The summed E-state index contributed by atoms with van der Waals surface area (Å²) >= 11 is 0. The maximum atomic E-state index is 14.0. The fourth-order valence-electron chi connectivity index (χ4n) is 5.53. The maximum Gasteiger partial charge on any atom is 0.349 e. The number of carbonyl (C=O) groups excluding carboxylic acids is 1. The smallest absolute Gasteiger partial charge is 0.349 e. The summed E-state index contributed by atoms with van der Waals surface area (Å²) in [5.41, 5.74) is 1.74. The Labute approximate surface area is 263 Å². The van der Waals surface area contributed by atoms with Crippen molar-refractivity contribution in [1.82, 2.24) is 19.7 Å². The summed E-state index contributed by atoms with van der Waals surface area (Å²) in [6.45, 7) is 8.91. The van der Waals surface area contributed by atoms with Crippen molar-refractivity contribution in [2.45, 2.75) is 38.8 Å². The van der Waals surface area contributed by atoms with E-state index in [4.69, 9.17) is 18.6 Å². The molecular weight excluding hydrogens is 591 g/mol. The molecular formula is C34H37FN4O5Si. The Kier molecular flexibility index (Phi) is 9.71. The molecule has 0 saturated carbocycles. The van der Waals surface area contributed by atoms with Gasteiger partial charge in [-0.15, -0.1) is 0 Å². The van der Waals surface area contributed by atoms with Crippen LogP contribution in [0, 0.1) is 12.7 Å². The molecule has 0 aliphatic rings. The summed E-state index contributed by atoms with van der Waals surface area (Å²) in [6.07, 6.45) is 1.71. The Morgan fingerprint density at radius 1 is 0.956 bits per heavy atom. The number of ether oxygens (including phenoxy) is 3. The van der Waals surface area contributed by atoms with Crippen LogP contribution in [-0.2, 0) is 18.7 Å². The van der Waals surface area contributed by atoms with Crippen molar-refractivity contribution in [3.8, 4) is 11.6 Å². The third-order valence-corrected chi connectivity index (χ3v) is 12.7. The van der Waals surface area contributed by atoms with Gasteiger partial charge >= 0.3 is 5.97 Å². The molecule has 2 aromatic heterocycles. The Balaban J connectivity index is 1.32. The van der Waals surface area contributed by atoms with Gasteiger partial charge in [0.05, 0.1) is 38.8 Å². The third-order valence-electron chi connectivity index (χ3n) is 7.68. The molecule has 1 atom stereocenters. The van der Waals surface area contributed by atoms with E-state index >= 15 is 0 Å². The molecule has 0 unspecified atom stereocenters. The van der Waals surface area contributed by atoms with Crippen LogP contribution < -0.4 is 15.1 Å². The number of benzene rings is 3. The molecule has 0 radical (unpaired) electrons. The van der Waals surface area contributed by atoms with E-state index in [9.17, 15) is 9.18 Å². The number of aromatic nitrogens is 4. The molecule has 0 bridgehead atoms. The van der Waals surface area contributed by atoms with Gasteiger partial charge in [0.1, 0.15) is 17.5 Å². The lowest BCUT2D eigenvalue weighted by molar-refractivity contribution is -0.152. The first-order chi connectivity index (χ1) is 21.7. The van der Waals surface area contributed by atoms with Gasteiger partial charge in [-0.1, -0.05) is 87.5 Å². The number of aryl methyl sites for hydroxylation is 1. The Morgan fingerprint density at radius 2 is 1.62 bits per heavy atom. The van der Waals surface area contributed by atoms with Crippen LogP contribution in [0.15, 0.2) is 91.4 Å².